The molecule has 0 saturated heterocycles. The molecule has 0 aromatic heterocycles. The van der Waals surface area contributed by atoms with Gasteiger partial charge in [-0.25, -0.2) is 0 Å². The number of rotatable bonds is 10. The predicted octanol–water partition coefficient (Wildman–Crippen LogP) is 5.52. The number of aryl methyl sites for hydroxylation is 1. The van der Waals surface area contributed by atoms with Crippen LogP contribution in [0.1, 0.15) is 56.9 Å². The van der Waals surface area contributed by atoms with Crippen molar-refractivity contribution in [1.29, 1.82) is 0 Å². The molecule has 1 N–H and O–H groups in total. The SMILES string of the molecule is C=C(Br)C(OCCCCCc1ccc(S(=O)(=O)O)cc1)C1CCCCC1. The summed E-state index contributed by atoms with van der Waals surface area (Å²) >= 11 is 3.53. The van der Waals surface area contributed by atoms with Crippen LogP contribution < -0.4 is 0 Å². The Labute approximate surface area is 165 Å². The summed E-state index contributed by atoms with van der Waals surface area (Å²) in [5.41, 5.74) is 1.08. The minimum absolute atomic E-state index is 0.0570. The normalized spacial score (nSPS) is 17.2. The van der Waals surface area contributed by atoms with Crippen molar-refractivity contribution in [2.24, 2.45) is 5.92 Å². The zero-order valence-electron chi connectivity index (χ0n) is 15.2. The molecule has 1 aliphatic rings. The van der Waals surface area contributed by atoms with Crippen molar-refractivity contribution in [2.45, 2.75) is 68.8 Å². The molecule has 0 aliphatic heterocycles. The van der Waals surface area contributed by atoms with Gasteiger partial charge in [-0.3, -0.25) is 4.55 Å². The second-order valence-electron chi connectivity index (χ2n) is 7.07. The zero-order valence-corrected chi connectivity index (χ0v) is 17.6. The predicted molar refractivity (Wildman–Crippen MR) is 108 cm³/mol. The molecule has 0 radical (unpaired) electrons. The van der Waals surface area contributed by atoms with Crippen molar-refractivity contribution in [3.8, 4) is 0 Å². The summed E-state index contributed by atoms with van der Waals surface area (Å²) < 4.78 is 38.1. The minimum atomic E-state index is -4.10. The van der Waals surface area contributed by atoms with Crippen LogP contribution >= 0.6 is 15.9 Å². The molecule has 0 heterocycles. The van der Waals surface area contributed by atoms with E-state index in [0.29, 0.717) is 5.92 Å². The Morgan fingerprint density at radius 3 is 2.38 bits per heavy atom. The molecule has 1 atom stereocenters. The molecular formula is C20H29BrO4S. The van der Waals surface area contributed by atoms with E-state index < -0.39 is 10.1 Å². The van der Waals surface area contributed by atoms with Crippen molar-refractivity contribution in [2.75, 3.05) is 6.61 Å². The number of benzene rings is 1. The first-order valence-electron chi connectivity index (χ1n) is 9.40. The first-order valence-corrected chi connectivity index (χ1v) is 11.6. The van der Waals surface area contributed by atoms with E-state index in [0.717, 1.165) is 42.3 Å². The molecule has 26 heavy (non-hydrogen) atoms. The molecule has 6 heteroatoms. The maximum atomic E-state index is 11.0. The number of hydrogen-bond donors (Lipinski definition) is 1. The molecule has 1 aromatic rings. The van der Waals surface area contributed by atoms with Gasteiger partial charge < -0.3 is 4.74 Å². The highest BCUT2D eigenvalue weighted by molar-refractivity contribution is 9.11. The first-order chi connectivity index (χ1) is 12.4. The third-order valence-corrected chi connectivity index (χ3v) is 6.33. The van der Waals surface area contributed by atoms with Gasteiger partial charge in [0.2, 0.25) is 0 Å². The van der Waals surface area contributed by atoms with E-state index in [2.05, 4.69) is 22.5 Å². The maximum Gasteiger partial charge on any atom is 0.294 e. The van der Waals surface area contributed by atoms with E-state index in [1.807, 2.05) is 0 Å². The average Bonchev–Trinajstić information content (AvgIpc) is 2.61. The Morgan fingerprint density at radius 1 is 1.15 bits per heavy atom. The maximum absolute atomic E-state index is 11.0. The van der Waals surface area contributed by atoms with Crippen molar-refractivity contribution < 1.29 is 17.7 Å². The van der Waals surface area contributed by atoms with Crippen LogP contribution in [-0.4, -0.2) is 25.7 Å². The topological polar surface area (TPSA) is 63.6 Å². The van der Waals surface area contributed by atoms with Crippen LogP contribution in [0.5, 0.6) is 0 Å². The minimum Gasteiger partial charge on any atom is -0.373 e. The molecule has 1 aromatic carbocycles. The van der Waals surface area contributed by atoms with Crippen molar-refractivity contribution in [3.05, 3.63) is 40.9 Å². The summed E-state index contributed by atoms with van der Waals surface area (Å²) in [4.78, 5) is -0.0570. The van der Waals surface area contributed by atoms with Gasteiger partial charge in [-0.15, -0.1) is 0 Å². The summed E-state index contributed by atoms with van der Waals surface area (Å²) in [5, 5.41) is 0. The van der Waals surface area contributed by atoms with Gasteiger partial charge in [0, 0.05) is 11.1 Å². The van der Waals surface area contributed by atoms with Gasteiger partial charge in [0.25, 0.3) is 10.1 Å². The lowest BCUT2D eigenvalue weighted by molar-refractivity contribution is 0.0282. The standard InChI is InChI=1S/C20H29BrO4S/c1-16(21)20(18-9-5-2-6-10-18)25-15-7-3-4-8-17-11-13-19(14-12-17)26(22,23)24/h11-14,18,20H,1-10,15H2,(H,22,23,24). The number of ether oxygens (including phenoxy) is 1. The van der Waals surface area contributed by atoms with Crippen LogP contribution in [0.15, 0.2) is 40.2 Å². The Kier molecular flexibility index (Phi) is 8.80. The Hall–Kier alpha value is -0.690. The number of unbranched alkanes of at least 4 members (excludes halogenated alkanes) is 2. The van der Waals surface area contributed by atoms with Gasteiger partial charge in [-0.1, -0.05) is 60.3 Å². The smallest absolute Gasteiger partial charge is 0.294 e. The molecule has 0 bridgehead atoms. The summed E-state index contributed by atoms with van der Waals surface area (Å²) in [5.74, 6) is 0.594. The van der Waals surface area contributed by atoms with Crippen LogP contribution in [0.3, 0.4) is 0 Å². The quantitative estimate of drug-likeness (QED) is 0.381. The first kappa shape index (κ1) is 21.6. The monoisotopic (exact) mass is 444 g/mol. The van der Waals surface area contributed by atoms with Gasteiger partial charge in [-0.05, 0) is 55.7 Å². The van der Waals surface area contributed by atoms with Crippen molar-refractivity contribution in [3.63, 3.8) is 0 Å². The highest BCUT2D eigenvalue weighted by atomic mass is 79.9. The van der Waals surface area contributed by atoms with Gasteiger partial charge >= 0.3 is 0 Å². The second kappa shape index (κ2) is 10.6. The summed E-state index contributed by atoms with van der Waals surface area (Å²) in [6, 6.07) is 6.41. The largest absolute Gasteiger partial charge is 0.373 e. The van der Waals surface area contributed by atoms with Gasteiger partial charge in [0.1, 0.15) is 0 Å². The van der Waals surface area contributed by atoms with Crippen molar-refractivity contribution >= 4 is 26.0 Å². The second-order valence-corrected chi connectivity index (χ2v) is 9.51. The lowest BCUT2D eigenvalue weighted by atomic mass is 9.85. The van der Waals surface area contributed by atoms with E-state index in [1.165, 1.54) is 44.2 Å². The van der Waals surface area contributed by atoms with E-state index in [1.54, 1.807) is 12.1 Å². The molecule has 4 nitrogen and oxygen atoms in total. The fourth-order valence-electron chi connectivity index (χ4n) is 3.57. The molecule has 1 aliphatic carbocycles. The highest BCUT2D eigenvalue weighted by Gasteiger charge is 2.25. The van der Waals surface area contributed by atoms with Gasteiger partial charge in [0.05, 0.1) is 11.0 Å². The summed E-state index contributed by atoms with van der Waals surface area (Å²) in [6.07, 6.45) is 10.5. The molecule has 0 amide bonds. The van der Waals surface area contributed by atoms with Crippen LogP contribution in [0.25, 0.3) is 0 Å². The molecular weight excluding hydrogens is 416 g/mol. The average molecular weight is 445 g/mol. The van der Waals surface area contributed by atoms with Crippen molar-refractivity contribution in [1.82, 2.24) is 0 Å². The summed E-state index contributed by atoms with van der Waals surface area (Å²) in [6.45, 7) is 4.78. The van der Waals surface area contributed by atoms with E-state index in [-0.39, 0.29) is 11.0 Å². The molecule has 2 rings (SSSR count). The highest BCUT2D eigenvalue weighted by Crippen LogP contribution is 2.32. The Bertz CT molecular complexity index is 664. The third kappa shape index (κ3) is 7.14. The number of halogens is 1. The van der Waals surface area contributed by atoms with Crippen LogP contribution in [0, 0.1) is 5.92 Å². The number of hydrogen-bond acceptors (Lipinski definition) is 3. The van der Waals surface area contributed by atoms with Crippen LogP contribution in [0.2, 0.25) is 0 Å². The van der Waals surface area contributed by atoms with Crippen LogP contribution in [0.4, 0.5) is 0 Å². The Balaban J connectivity index is 1.66. The molecule has 1 saturated carbocycles. The van der Waals surface area contributed by atoms with E-state index in [4.69, 9.17) is 9.29 Å². The molecule has 1 fully saturated rings. The van der Waals surface area contributed by atoms with E-state index >= 15 is 0 Å². The molecule has 146 valence electrons. The fraction of sp³-hybridized carbons (Fsp3) is 0.600. The van der Waals surface area contributed by atoms with Crippen LogP contribution in [-0.2, 0) is 21.3 Å². The summed E-state index contributed by atoms with van der Waals surface area (Å²) in [7, 11) is -4.10. The lowest BCUT2D eigenvalue weighted by Gasteiger charge is -2.30. The zero-order chi connectivity index (χ0) is 19.0. The Morgan fingerprint density at radius 2 is 1.81 bits per heavy atom. The van der Waals surface area contributed by atoms with Gasteiger partial charge in [-0.2, -0.15) is 8.42 Å². The van der Waals surface area contributed by atoms with E-state index in [9.17, 15) is 8.42 Å². The third-order valence-electron chi connectivity index (χ3n) is 5.02. The lowest BCUT2D eigenvalue weighted by Crippen LogP contribution is -2.26. The molecule has 1 unspecified atom stereocenters. The molecule has 0 spiro atoms. The fourth-order valence-corrected chi connectivity index (χ4v) is 4.55. The van der Waals surface area contributed by atoms with Gasteiger partial charge in [0.15, 0.2) is 0 Å².